The summed E-state index contributed by atoms with van der Waals surface area (Å²) in [5.41, 5.74) is 5.96. The van der Waals surface area contributed by atoms with Crippen molar-refractivity contribution in [3.63, 3.8) is 0 Å². The summed E-state index contributed by atoms with van der Waals surface area (Å²) >= 11 is 0. The summed E-state index contributed by atoms with van der Waals surface area (Å²) in [6.45, 7) is 8.58. The Kier molecular flexibility index (Phi) is 4.46. The quantitative estimate of drug-likeness (QED) is 0.498. The average Bonchev–Trinajstić information content (AvgIpc) is 2.76. The van der Waals surface area contributed by atoms with Gasteiger partial charge in [0, 0.05) is 23.6 Å². The molecule has 0 aliphatic carbocycles. The molecule has 2 aromatic rings. The zero-order valence-corrected chi connectivity index (χ0v) is 13.0. The first-order valence-corrected chi connectivity index (χ1v) is 10.3. The second-order valence-electron chi connectivity index (χ2n) is 5.84. The maximum Gasteiger partial charge on any atom is 0.129 e. The summed E-state index contributed by atoms with van der Waals surface area (Å²) in [6.07, 6.45) is 3.15. The van der Waals surface area contributed by atoms with E-state index in [0.717, 1.165) is 19.5 Å². The van der Waals surface area contributed by atoms with Gasteiger partial charge in [0.1, 0.15) is 8.07 Å². The van der Waals surface area contributed by atoms with Gasteiger partial charge in [0.05, 0.1) is 6.54 Å². The Bertz CT molecular complexity index is 596. The zero-order valence-electron chi connectivity index (χ0n) is 12.0. The van der Waals surface area contributed by atoms with E-state index in [0.29, 0.717) is 0 Å². The molecule has 0 saturated heterocycles. The van der Waals surface area contributed by atoms with Crippen molar-refractivity contribution in [2.24, 2.45) is 0 Å². The molecule has 19 heavy (non-hydrogen) atoms. The van der Waals surface area contributed by atoms with Crippen LogP contribution in [0.25, 0.3) is 10.9 Å². The molecule has 3 heteroatoms. The first-order chi connectivity index (χ1) is 9.06. The predicted octanol–water partition coefficient (Wildman–Crippen LogP) is 3.18. The van der Waals surface area contributed by atoms with Crippen molar-refractivity contribution >= 4 is 19.0 Å². The SMILES string of the molecule is C[Si](C)(C)C#CCNCCc1c[nH]c2ccccc12. The highest BCUT2D eigenvalue weighted by atomic mass is 28.3. The summed E-state index contributed by atoms with van der Waals surface area (Å²) in [5.74, 6) is 3.24. The Labute approximate surface area is 116 Å². The van der Waals surface area contributed by atoms with Crippen molar-refractivity contribution < 1.29 is 0 Å². The van der Waals surface area contributed by atoms with Crippen LogP contribution in [-0.2, 0) is 6.42 Å². The summed E-state index contributed by atoms with van der Waals surface area (Å²) in [7, 11) is -1.21. The van der Waals surface area contributed by atoms with Crippen LogP contribution in [0.5, 0.6) is 0 Å². The Balaban J connectivity index is 1.81. The molecule has 0 unspecified atom stereocenters. The minimum absolute atomic E-state index is 0.798. The molecule has 0 aliphatic heterocycles. The fraction of sp³-hybridized carbons (Fsp3) is 0.375. The molecule has 1 heterocycles. The molecule has 1 aromatic carbocycles. The Hall–Kier alpha value is -1.50. The molecule has 2 rings (SSSR count). The summed E-state index contributed by atoms with van der Waals surface area (Å²) < 4.78 is 0. The third-order valence-corrected chi connectivity index (χ3v) is 3.85. The van der Waals surface area contributed by atoms with Crippen LogP contribution in [-0.4, -0.2) is 26.1 Å². The van der Waals surface area contributed by atoms with Gasteiger partial charge in [-0.25, -0.2) is 0 Å². The Morgan fingerprint density at radius 1 is 1.21 bits per heavy atom. The van der Waals surface area contributed by atoms with Crippen LogP contribution in [0.4, 0.5) is 0 Å². The standard InChI is InChI=1S/C16H22N2Si/c1-19(2,3)12-6-10-17-11-9-14-13-18-16-8-5-4-7-15(14)16/h4-5,7-8,13,17-18H,9-11H2,1-3H3. The zero-order chi connectivity index (χ0) is 13.7. The highest BCUT2D eigenvalue weighted by Crippen LogP contribution is 2.17. The van der Waals surface area contributed by atoms with E-state index >= 15 is 0 Å². The van der Waals surface area contributed by atoms with Crippen LogP contribution in [0.1, 0.15) is 5.56 Å². The summed E-state index contributed by atoms with van der Waals surface area (Å²) in [5, 5.41) is 4.73. The minimum Gasteiger partial charge on any atom is -0.361 e. The van der Waals surface area contributed by atoms with Gasteiger partial charge in [-0.3, -0.25) is 0 Å². The molecule has 0 radical (unpaired) electrons. The van der Waals surface area contributed by atoms with Crippen molar-refractivity contribution in [3.05, 3.63) is 36.0 Å². The maximum absolute atomic E-state index is 3.40. The van der Waals surface area contributed by atoms with E-state index in [2.05, 4.69) is 71.9 Å². The van der Waals surface area contributed by atoms with Crippen molar-refractivity contribution in [2.75, 3.05) is 13.1 Å². The third-order valence-electron chi connectivity index (χ3n) is 2.92. The van der Waals surface area contributed by atoms with Gasteiger partial charge in [-0.15, -0.1) is 5.54 Å². The lowest BCUT2D eigenvalue weighted by molar-refractivity contribution is 0.755. The molecule has 0 aliphatic rings. The summed E-state index contributed by atoms with van der Waals surface area (Å²) in [4.78, 5) is 3.31. The van der Waals surface area contributed by atoms with Gasteiger partial charge in [-0.05, 0) is 18.1 Å². The number of fused-ring (bicyclic) bond motifs is 1. The lowest BCUT2D eigenvalue weighted by atomic mass is 10.1. The Morgan fingerprint density at radius 2 is 2.00 bits per heavy atom. The van der Waals surface area contributed by atoms with E-state index in [9.17, 15) is 0 Å². The van der Waals surface area contributed by atoms with E-state index < -0.39 is 8.07 Å². The molecule has 0 amide bonds. The molecule has 100 valence electrons. The van der Waals surface area contributed by atoms with E-state index in [1.54, 1.807) is 0 Å². The number of hydrogen-bond donors (Lipinski definition) is 2. The first-order valence-electron chi connectivity index (χ1n) is 6.82. The van der Waals surface area contributed by atoms with Crippen molar-refractivity contribution in [1.82, 2.24) is 10.3 Å². The van der Waals surface area contributed by atoms with E-state index in [1.807, 2.05) is 0 Å². The number of nitrogens with one attached hydrogen (secondary N) is 2. The van der Waals surface area contributed by atoms with Crippen LogP contribution >= 0.6 is 0 Å². The maximum atomic E-state index is 3.40. The molecule has 0 spiro atoms. The molecule has 0 atom stereocenters. The largest absolute Gasteiger partial charge is 0.361 e. The van der Waals surface area contributed by atoms with Gasteiger partial charge < -0.3 is 10.3 Å². The van der Waals surface area contributed by atoms with E-state index in [1.165, 1.54) is 16.5 Å². The van der Waals surface area contributed by atoms with E-state index in [4.69, 9.17) is 0 Å². The van der Waals surface area contributed by atoms with Gasteiger partial charge in [-0.1, -0.05) is 43.8 Å². The lowest BCUT2D eigenvalue weighted by Crippen LogP contribution is -2.20. The molecule has 2 N–H and O–H groups in total. The van der Waals surface area contributed by atoms with Crippen molar-refractivity contribution in [3.8, 4) is 11.5 Å². The van der Waals surface area contributed by atoms with Crippen LogP contribution in [0, 0.1) is 11.5 Å². The second kappa shape index (κ2) is 6.09. The van der Waals surface area contributed by atoms with Crippen molar-refractivity contribution in [2.45, 2.75) is 26.1 Å². The number of rotatable bonds is 4. The lowest BCUT2D eigenvalue weighted by Gasteiger charge is -2.04. The molecule has 2 nitrogen and oxygen atoms in total. The second-order valence-corrected chi connectivity index (χ2v) is 10.6. The third kappa shape index (κ3) is 4.27. The fourth-order valence-electron chi connectivity index (χ4n) is 2.02. The molecule has 0 fully saturated rings. The van der Waals surface area contributed by atoms with Crippen LogP contribution in [0.15, 0.2) is 30.5 Å². The van der Waals surface area contributed by atoms with Gasteiger partial charge in [0.15, 0.2) is 0 Å². The monoisotopic (exact) mass is 270 g/mol. The number of H-pyrrole nitrogens is 1. The predicted molar refractivity (Wildman–Crippen MR) is 86.0 cm³/mol. The highest BCUT2D eigenvalue weighted by molar-refractivity contribution is 6.83. The van der Waals surface area contributed by atoms with Gasteiger partial charge >= 0.3 is 0 Å². The first kappa shape index (κ1) is 13.9. The van der Waals surface area contributed by atoms with Crippen LogP contribution in [0.3, 0.4) is 0 Å². The molecule has 1 aromatic heterocycles. The molecule has 0 bridgehead atoms. The van der Waals surface area contributed by atoms with Crippen LogP contribution < -0.4 is 5.32 Å². The molecular formula is C16H22N2Si. The Morgan fingerprint density at radius 3 is 2.79 bits per heavy atom. The summed E-state index contributed by atoms with van der Waals surface area (Å²) in [6, 6.07) is 8.44. The molecule has 0 saturated carbocycles. The van der Waals surface area contributed by atoms with Gasteiger partial charge in [-0.2, -0.15) is 0 Å². The number of hydrogen-bond acceptors (Lipinski definition) is 1. The highest BCUT2D eigenvalue weighted by Gasteiger charge is 2.06. The topological polar surface area (TPSA) is 27.8 Å². The smallest absolute Gasteiger partial charge is 0.129 e. The number of aromatic amines is 1. The average molecular weight is 270 g/mol. The van der Waals surface area contributed by atoms with E-state index in [-0.39, 0.29) is 0 Å². The van der Waals surface area contributed by atoms with Crippen LogP contribution in [0.2, 0.25) is 19.6 Å². The number of aromatic nitrogens is 1. The fourth-order valence-corrected chi connectivity index (χ4v) is 2.64. The molecular weight excluding hydrogens is 248 g/mol. The minimum atomic E-state index is -1.21. The normalized spacial score (nSPS) is 11.3. The number of benzene rings is 1. The van der Waals surface area contributed by atoms with Gasteiger partial charge in [0.2, 0.25) is 0 Å². The van der Waals surface area contributed by atoms with Crippen molar-refractivity contribution in [1.29, 1.82) is 0 Å². The number of para-hydroxylation sites is 1. The van der Waals surface area contributed by atoms with Gasteiger partial charge in [0.25, 0.3) is 0 Å².